The third kappa shape index (κ3) is 2.44. The summed E-state index contributed by atoms with van der Waals surface area (Å²) in [7, 11) is 0. The summed E-state index contributed by atoms with van der Waals surface area (Å²) in [4.78, 5) is 24.1. The molecule has 3 rings (SSSR count). The first-order valence-corrected chi connectivity index (χ1v) is 8.89. The van der Waals surface area contributed by atoms with E-state index in [0.29, 0.717) is 11.5 Å². The fraction of sp³-hybridized carbons (Fsp3) is 0.700. The molecular weight excluding hydrogens is 288 g/mol. The number of aliphatic hydroxyl groups excluding tert-OH is 1. The molecule has 0 spiro atoms. The van der Waals surface area contributed by atoms with Gasteiger partial charge in [-0.3, -0.25) is 9.59 Å². The Morgan fingerprint density at radius 2 is 2.09 bits per heavy atom. The monoisotopic (exact) mass is 316 g/mol. The fourth-order valence-corrected chi connectivity index (χ4v) is 5.24. The molecule has 0 amide bonds. The first-order valence-electron chi connectivity index (χ1n) is 8.89. The maximum atomic E-state index is 12.5. The SMILES string of the molecule is CC(C)C1=C2C/C=C(/C=O)[C@H]3C(=O)[C@H](O)[C@H](C)[C@@H]3C[C@@]2(C)CC1. The topological polar surface area (TPSA) is 54.4 Å². The van der Waals surface area contributed by atoms with Crippen LogP contribution in [0.1, 0.15) is 53.4 Å². The van der Waals surface area contributed by atoms with E-state index in [2.05, 4.69) is 20.8 Å². The van der Waals surface area contributed by atoms with Crippen molar-refractivity contribution in [2.24, 2.45) is 29.1 Å². The third-order valence-electron chi connectivity index (χ3n) is 6.68. The Labute approximate surface area is 138 Å². The molecule has 0 aliphatic heterocycles. The highest BCUT2D eigenvalue weighted by Gasteiger charge is 2.52. The van der Waals surface area contributed by atoms with Crippen molar-refractivity contribution < 1.29 is 14.7 Å². The second kappa shape index (κ2) is 5.70. The molecule has 3 heteroatoms. The molecule has 1 fully saturated rings. The van der Waals surface area contributed by atoms with E-state index < -0.39 is 12.0 Å². The molecule has 0 heterocycles. The van der Waals surface area contributed by atoms with E-state index in [1.807, 2.05) is 13.0 Å². The maximum Gasteiger partial charge on any atom is 0.169 e. The maximum absolute atomic E-state index is 12.5. The summed E-state index contributed by atoms with van der Waals surface area (Å²) < 4.78 is 0. The van der Waals surface area contributed by atoms with E-state index in [1.54, 1.807) is 0 Å². The minimum Gasteiger partial charge on any atom is -0.385 e. The van der Waals surface area contributed by atoms with Crippen molar-refractivity contribution in [2.75, 3.05) is 0 Å². The molecule has 23 heavy (non-hydrogen) atoms. The number of aldehydes is 1. The predicted octanol–water partition coefficient (Wildman–Crippen LogP) is 3.47. The van der Waals surface area contributed by atoms with Crippen molar-refractivity contribution in [3.63, 3.8) is 0 Å². The summed E-state index contributed by atoms with van der Waals surface area (Å²) in [5, 5.41) is 10.3. The zero-order valence-electron chi connectivity index (χ0n) is 14.6. The van der Waals surface area contributed by atoms with Gasteiger partial charge in [-0.1, -0.05) is 44.9 Å². The lowest BCUT2D eigenvalue weighted by Gasteiger charge is -2.36. The van der Waals surface area contributed by atoms with Crippen LogP contribution >= 0.6 is 0 Å². The number of rotatable bonds is 2. The average molecular weight is 316 g/mol. The van der Waals surface area contributed by atoms with Crippen LogP contribution in [-0.2, 0) is 9.59 Å². The van der Waals surface area contributed by atoms with Gasteiger partial charge in [-0.2, -0.15) is 0 Å². The summed E-state index contributed by atoms with van der Waals surface area (Å²) in [6.45, 7) is 8.76. The van der Waals surface area contributed by atoms with E-state index in [1.165, 1.54) is 11.1 Å². The molecule has 126 valence electrons. The van der Waals surface area contributed by atoms with Crippen molar-refractivity contribution >= 4 is 12.1 Å². The summed E-state index contributed by atoms with van der Waals surface area (Å²) in [6, 6.07) is 0. The Balaban J connectivity index is 2.10. The van der Waals surface area contributed by atoms with E-state index >= 15 is 0 Å². The molecule has 5 atom stereocenters. The van der Waals surface area contributed by atoms with Crippen molar-refractivity contribution in [3.8, 4) is 0 Å². The zero-order valence-corrected chi connectivity index (χ0v) is 14.6. The van der Waals surface area contributed by atoms with Gasteiger partial charge in [-0.05, 0) is 54.4 Å². The number of hydrogen-bond acceptors (Lipinski definition) is 3. The highest BCUT2D eigenvalue weighted by Crippen LogP contribution is 2.55. The van der Waals surface area contributed by atoms with Crippen LogP contribution in [-0.4, -0.2) is 23.3 Å². The zero-order chi connectivity index (χ0) is 16.9. The van der Waals surface area contributed by atoms with Gasteiger partial charge < -0.3 is 5.11 Å². The van der Waals surface area contributed by atoms with Crippen LogP contribution in [0.3, 0.4) is 0 Å². The van der Waals surface area contributed by atoms with E-state index in [-0.39, 0.29) is 23.0 Å². The molecule has 0 bridgehead atoms. The molecule has 1 saturated carbocycles. The van der Waals surface area contributed by atoms with Crippen molar-refractivity contribution in [1.82, 2.24) is 0 Å². The van der Waals surface area contributed by atoms with Gasteiger partial charge in [0.15, 0.2) is 5.78 Å². The molecule has 0 unspecified atom stereocenters. The van der Waals surface area contributed by atoms with Crippen molar-refractivity contribution in [2.45, 2.75) is 59.5 Å². The summed E-state index contributed by atoms with van der Waals surface area (Å²) >= 11 is 0. The Kier molecular flexibility index (Phi) is 4.12. The quantitative estimate of drug-likeness (QED) is 0.627. The lowest BCUT2D eigenvalue weighted by Crippen LogP contribution is -2.29. The van der Waals surface area contributed by atoms with E-state index in [0.717, 1.165) is 32.0 Å². The van der Waals surface area contributed by atoms with Gasteiger partial charge in [-0.25, -0.2) is 0 Å². The molecule has 3 aliphatic carbocycles. The normalized spacial score (nSPS) is 42.9. The Bertz CT molecular complexity index is 598. The molecular formula is C20H28O3. The van der Waals surface area contributed by atoms with E-state index in [4.69, 9.17) is 0 Å². The van der Waals surface area contributed by atoms with E-state index in [9.17, 15) is 14.7 Å². The second-order valence-corrected chi connectivity index (χ2v) is 8.30. The first kappa shape index (κ1) is 16.6. The Morgan fingerprint density at radius 3 is 2.70 bits per heavy atom. The Hall–Kier alpha value is -1.22. The smallest absolute Gasteiger partial charge is 0.169 e. The Morgan fingerprint density at radius 1 is 1.39 bits per heavy atom. The summed E-state index contributed by atoms with van der Waals surface area (Å²) in [5.41, 5.74) is 3.70. The third-order valence-corrected chi connectivity index (χ3v) is 6.68. The lowest BCUT2D eigenvalue weighted by atomic mass is 9.67. The van der Waals surface area contributed by atoms with Gasteiger partial charge in [0.05, 0.1) is 5.92 Å². The van der Waals surface area contributed by atoms with Crippen LogP contribution in [0.25, 0.3) is 0 Å². The van der Waals surface area contributed by atoms with Crippen LogP contribution in [0.4, 0.5) is 0 Å². The number of ketones is 1. The van der Waals surface area contributed by atoms with Crippen LogP contribution in [0.2, 0.25) is 0 Å². The van der Waals surface area contributed by atoms with Gasteiger partial charge in [0.1, 0.15) is 12.4 Å². The number of fused-ring (bicyclic) bond motifs is 2. The van der Waals surface area contributed by atoms with Crippen LogP contribution in [0.5, 0.6) is 0 Å². The number of carbonyl (C=O) groups is 2. The van der Waals surface area contributed by atoms with Gasteiger partial charge in [0, 0.05) is 0 Å². The largest absolute Gasteiger partial charge is 0.385 e. The summed E-state index contributed by atoms with van der Waals surface area (Å²) in [6.07, 6.45) is 5.81. The standard InChI is InChI=1S/C20H28O3/c1-11(2)14-7-8-20(4)9-15-12(3)18(22)19(23)17(15)13(10-21)5-6-16(14)20/h5,10-12,15,17-18,22H,6-9H2,1-4H3/b13-5-/t12-,15+,17-,18-,20-/m1/s1. The lowest BCUT2D eigenvalue weighted by molar-refractivity contribution is -0.128. The summed E-state index contributed by atoms with van der Waals surface area (Å²) in [5.74, 6) is -0.0304. The predicted molar refractivity (Wildman–Crippen MR) is 89.7 cm³/mol. The molecule has 0 saturated heterocycles. The van der Waals surface area contributed by atoms with Crippen molar-refractivity contribution in [1.29, 1.82) is 0 Å². The van der Waals surface area contributed by atoms with Crippen molar-refractivity contribution in [3.05, 3.63) is 22.8 Å². The van der Waals surface area contributed by atoms with Crippen LogP contribution in [0.15, 0.2) is 22.8 Å². The fourth-order valence-electron chi connectivity index (χ4n) is 5.24. The van der Waals surface area contributed by atoms with Crippen LogP contribution < -0.4 is 0 Å². The molecule has 0 radical (unpaired) electrons. The van der Waals surface area contributed by atoms with Gasteiger partial charge >= 0.3 is 0 Å². The number of allylic oxidation sites excluding steroid dienone is 4. The minimum absolute atomic E-state index is 0.0702. The highest BCUT2D eigenvalue weighted by atomic mass is 16.3. The molecule has 3 nitrogen and oxygen atoms in total. The molecule has 3 aliphatic rings. The molecule has 0 aromatic carbocycles. The average Bonchev–Trinajstić information content (AvgIpc) is 2.91. The molecule has 0 aromatic heterocycles. The number of aliphatic hydroxyl groups is 1. The van der Waals surface area contributed by atoms with Crippen LogP contribution in [0, 0.1) is 29.1 Å². The molecule has 1 N–H and O–H groups in total. The number of carbonyl (C=O) groups excluding carboxylic acids is 2. The number of hydrogen-bond donors (Lipinski definition) is 1. The highest BCUT2D eigenvalue weighted by molar-refractivity contribution is 5.96. The second-order valence-electron chi connectivity index (χ2n) is 8.30. The van der Waals surface area contributed by atoms with Gasteiger partial charge in [0.2, 0.25) is 0 Å². The molecule has 0 aromatic rings. The number of Topliss-reactive ketones (excluding diaryl/α,β-unsaturated/α-hetero) is 1. The minimum atomic E-state index is -0.923. The first-order chi connectivity index (χ1) is 10.8. The van der Waals surface area contributed by atoms with Gasteiger partial charge in [-0.15, -0.1) is 0 Å². The van der Waals surface area contributed by atoms with Gasteiger partial charge in [0.25, 0.3) is 0 Å².